The number of hydrogen-bond donors (Lipinski definition) is 1. The fourth-order valence-corrected chi connectivity index (χ4v) is 2.40. The van der Waals surface area contributed by atoms with Crippen LogP contribution in [0.4, 0.5) is 0 Å². The van der Waals surface area contributed by atoms with E-state index in [0.29, 0.717) is 11.2 Å². The highest BCUT2D eigenvalue weighted by atomic mass is 79.9. The monoisotopic (exact) mass is 325 g/mol. The predicted molar refractivity (Wildman–Crippen MR) is 74.0 cm³/mol. The molecule has 0 amide bonds. The summed E-state index contributed by atoms with van der Waals surface area (Å²) in [5, 5.41) is 13.1. The van der Waals surface area contributed by atoms with Gasteiger partial charge >= 0.3 is 0 Å². The van der Waals surface area contributed by atoms with E-state index in [0.717, 1.165) is 21.8 Å². The number of nitrogens with zero attached hydrogens (tertiary/aromatic N) is 2. The van der Waals surface area contributed by atoms with Crippen molar-refractivity contribution in [1.82, 2.24) is 15.5 Å². The van der Waals surface area contributed by atoms with Gasteiger partial charge in [-0.1, -0.05) is 32.4 Å². The quantitative estimate of drug-likeness (QED) is 0.915. The van der Waals surface area contributed by atoms with E-state index in [9.17, 15) is 0 Å². The van der Waals surface area contributed by atoms with Crippen LogP contribution in [0.1, 0.15) is 17.8 Å². The first-order valence-corrected chi connectivity index (χ1v) is 7.40. The largest absolute Gasteiger partial charge is 0.430 e. The topological polar surface area (TPSA) is 47.0 Å². The van der Waals surface area contributed by atoms with Gasteiger partial charge in [0, 0.05) is 10.5 Å². The standard InChI is InChI=1S/C12H12BrN3OS/c13-8-1-5-10(6-2-8)17-12-16-15-11(18-12)7-14-9-3-4-9/h1-2,5-6,9,14H,3-4,7H2. The Morgan fingerprint density at radius 2 is 2.06 bits per heavy atom. The molecule has 3 rings (SSSR count). The van der Waals surface area contributed by atoms with Crippen molar-refractivity contribution in [2.45, 2.75) is 25.4 Å². The zero-order chi connectivity index (χ0) is 12.4. The molecule has 94 valence electrons. The molecule has 1 aliphatic carbocycles. The molecule has 0 atom stereocenters. The number of halogens is 1. The van der Waals surface area contributed by atoms with Crippen LogP contribution >= 0.6 is 27.3 Å². The van der Waals surface area contributed by atoms with Crippen LogP contribution in [-0.2, 0) is 6.54 Å². The van der Waals surface area contributed by atoms with Crippen LogP contribution in [0, 0.1) is 0 Å². The van der Waals surface area contributed by atoms with Crippen LogP contribution in [0.2, 0.25) is 0 Å². The van der Waals surface area contributed by atoms with Crippen LogP contribution in [0.5, 0.6) is 10.9 Å². The molecule has 1 aromatic carbocycles. The number of aromatic nitrogens is 2. The molecule has 1 heterocycles. The summed E-state index contributed by atoms with van der Waals surface area (Å²) in [5.74, 6) is 0.774. The fraction of sp³-hybridized carbons (Fsp3) is 0.333. The maximum Gasteiger partial charge on any atom is 0.299 e. The lowest BCUT2D eigenvalue weighted by molar-refractivity contribution is 0.473. The normalized spacial score (nSPS) is 14.7. The van der Waals surface area contributed by atoms with Crippen molar-refractivity contribution in [3.05, 3.63) is 33.7 Å². The van der Waals surface area contributed by atoms with E-state index >= 15 is 0 Å². The SMILES string of the molecule is Brc1ccc(Oc2nnc(CNC3CC3)s2)cc1. The lowest BCUT2D eigenvalue weighted by atomic mass is 10.3. The van der Waals surface area contributed by atoms with Crippen molar-refractivity contribution in [3.8, 4) is 10.9 Å². The molecule has 1 saturated carbocycles. The van der Waals surface area contributed by atoms with Crippen LogP contribution in [0.25, 0.3) is 0 Å². The van der Waals surface area contributed by atoms with E-state index in [-0.39, 0.29) is 0 Å². The predicted octanol–water partition coefficient (Wildman–Crippen LogP) is 3.34. The van der Waals surface area contributed by atoms with Gasteiger partial charge in [0.05, 0.1) is 6.54 Å². The summed E-state index contributed by atoms with van der Waals surface area (Å²) in [5.41, 5.74) is 0. The van der Waals surface area contributed by atoms with Crippen LogP contribution in [-0.4, -0.2) is 16.2 Å². The molecule has 1 N–H and O–H groups in total. The number of benzene rings is 1. The van der Waals surface area contributed by atoms with Gasteiger partial charge in [-0.15, -0.1) is 5.10 Å². The first kappa shape index (κ1) is 12.1. The van der Waals surface area contributed by atoms with E-state index in [4.69, 9.17) is 4.74 Å². The molecule has 0 radical (unpaired) electrons. The molecule has 0 aliphatic heterocycles. The Morgan fingerprint density at radius 3 is 2.78 bits per heavy atom. The molecule has 0 bridgehead atoms. The lowest BCUT2D eigenvalue weighted by Gasteiger charge is -2.00. The fourth-order valence-electron chi connectivity index (χ4n) is 1.47. The Hall–Kier alpha value is -0.980. The van der Waals surface area contributed by atoms with E-state index in [1.54, 1.807) is 0 Å². The first-order valence-electron chi connectivity index (χ1n) is 5.79. The van der Waals surface area contributed by atoms with Gasteiger partial charge in [-0.3, -0.25) is 0 Å². The van der Waals surface area contributed by atoms with E-state index in [1.165, 1.54) is 24.2 Å². The van der Waals surface area contributed by atoms with E-state index in [1.807, 2.05) is 24.3 Å². The van der Waals surface area contributed by atoms with Crippen molar-refractivity contribution >= 4 is 27.3 Å². The highest BCUT2D eigenvalue weighted by Crippen LogP contribution is 2.26. The molecule has 0 unspecified atom stereocenters. The van der Waals surface area contributed by atoms with E-state index in [2.05, 4.69) is 31.4 Å². The number of rotatable bonds is 5. The summed E-state index contributed by atoms with van der Waals surface area (Å²) in [6.07, 6.45) is 2.56. The minimum absolute atomic E-state index is 0.588. The smallest absolute Gasteiger partial charge is 0.299 e. The molecule has 0 spiro atoms. The van der Waals surface area contributed by atoms with E-state index < -0.39 is 0 Å². The van der Waals surface area contributed by atoms with Gasteiger partial charge in [0.25, 0.3) is 5.19 Å². The Balaban J connectivity index is 1.60. The Labute approximate surface area is 118 Å². The van der Waals surface area contributed by atoms with Crippen LogP contribution in [0.3, 0.4) is 0 Å². The zero-order valence-electron chi connectivity index (χ0n) is 9.60. The second-order valence-electron chi connectivity index (χ2n) is 4.17. The number of hydrogen-bond acceptors (Lipinski definition) is 5. The van der Waals surface area contributed by atoms with Crippen LogP contribution < -0.4 is 10.1 Å². The second kappa shape index (κ2) is 5.34. The third-order valence-electron chi connectivity index (χ3n) is 2.59. The number of nitrogens with one attached hydrogen (secondary N) is 1. The summed E-state index contributed by atoms with van der Waals surface area (Å²) in [6, 6.07) is 8.35. The highest BCUT2D eigenvalue weighted by Gasteiger charge is 2.20. The van der Waals surface area contributed by atoms with Crippen LogP contribution in [0.15, 0.2) is 28.7 Å². The molecule has 1 fully saturated rings. The molecule has 1 aliphatic rings. The minimum atomic E-state index is 0.588. The highest BCUT2D eigenvalue weighted by molar-refractivity contribution is 9.10. The molecule has 0 saturated heterocycles. The van der Waals surface area contributed by atoms with Gasteiger partial charge < -0.3 is 10.1 Å². The van der Waals surface area contributed by atoms with Crippen molar-refractivity contribution in [2.75, 3.05) is 0 Å². The van der Waals surface area contributed by atoms with Gasteiger partial charge in [0.1, 0.15) is 10.8 Å². The first-order chi connectivity index (χ1) is 8.79. The molecular formula is C12H12BrN3OS. The summed E-state index contributed by atoms with van der Waals surface area (Å²) >= 11 is 4.87. The maximum absolute atomic E-state index is 5.63. The lowest BCUT2D eigenvalue weighted by Crippen LogP contribution is -2.14. The second-order valence-corrected chi connectivity index (χ2v) is 6.11. The number of ether oxygens (including phenoxy) is 1. The molecular weight excluding hydrogens is 314 g/mol. The average Bonchev–Trinajstić information content (AvgIpc) is 3.10. The summed E-state index contributed by atoms with van der Waals surface area (Å²) in [7, 11) is 0. The minimum Gasteiger partial charge on any atom is -0.430 e. The van der Waals surface area contributed by atoms with Gasteiger partial charge in [-0.05, 0) is 37.1 Å². The van der Waals surface area contributed by atoms with Crippen molar-refractivity contribution in [1.29, 1.82) is 0 Å². The van der Waals surface area contributed by atoms with Gasteiger partial charge in [0.2, 0.25) is 0 Å². The molecule has 2 aromatic rings. The third kappa shape index (κ3) is 3.28. The Morgan fingerprint density at radius 1 is 1.28 bits per heavy atom. The zero-order valence-corrected chi connectivity index (χ0v) is 12.0. The Kier molecular flexibility index (Phi) is 3.58. The van der Waals surface area contributed by atoms with Crippen molar-refractivity contribution in [3.63, 3.8) is 0 Å². The summed E-state index contributed by atoms with van der Waals surface area (Å²) in [6.45, 7) is 0.784. The summed E-state index contributed by atoms with van der Waals surface area (Å²) in [4.78, 5) is 0. The molecule has 6 heteroatoms. The molecule has 1 aromatic heterocycles. The molecule has 18 heavy (non-hydrogen) atoms. The summed E-state index contributed by atoms with van der Waals surface area (Å²) < 4.78 is 6.66. The third-order valence-corrected chi connectivity index (χ3v) is 3.92. The maximum atomic E-state index is 5.63. The Bertz CT molecular complexity index is 524. The van der Waals surface area contributed by atoms with Gasteiger partial charge in [-0.2, -0.15) is 0 Å². The van der Waals surface area contributed by atoms with Crippen molar-refractivity contribution < 1.29 is 4.74 Å². The van der Waals surface area contributed by atoms with Crippen molar-refractivity contribution in [2.24, 2.45) is 0 Å². The molecule has 4 nitrogen and oxygen atoms in total. The van der Waals surface area contributed by atoms with Gasteiger partial charge in [-0.25, -0.2) is 0 Å². The average molecular weight is 326 g/mol. The van der Waals surface area contributed by atoms with Gasteiger partial charge in [0.15, 0.2) is 0 Å².